The average molecular weight is 530 g/mol. The van der Waals surface area contributed by atoms with Crippen LogP contribution in [0.25, 0.3) is 22.0 Å². The first kappa shape index (κ1) is 18.2. The predicted octanol–water partition coefficient (Wildman–Crippen LogP) is 2.98. The molecule has 26 heavy (non-hydrogen) atoms. The van der Waals surface area contributed by atoms with Gasteiger partial charge in [0, 0.05) is 0 Å². The van der Waals surface area contributed by atoms with Gasteiger partial charge in [0.15, 0.2) is 0 Å². The first-order valence-electron chi connectivity index (χ1n) is 8.25. The van der Waals surface area contributed by atoms with E-state index in [1.807, 2.05) is 12.3 Å². The molecule has 0 saturated carbocycles. The van der Waals surface area contributed by atoms with Crippen LogP contribution in [-0.4, -0.2) is 58.8 Å². The van der Waals surface area contributed by atoms with E-state index in [1.165, 1.54) is 20.9 Å². The summed E-state index contributed by atoms with van der Waals surface area (Å²) in [6.45, 7) is 0. The van der Waals surface area contributed by atoms with Crippen LogP contribution < -0.4 is 15.5 Å². The van der Waals surface area contributed by atoms with Gasteiger partial charge in [0.25, 0.3) is 0 Å². The number of aromatic nitrogens is 2. The first-order chi connectivity index (χ1) is 12.7. The molecule has 0 amide bonds. The van der Waals surface area contributed by atoms with Crippen LogP contribution in [0.1, 0.15) is 0 Å². The van der Waals surface area contributed by atoms with Gasteiger partial charge in [-0.15, -0.1) is 0 Å². The fourth-order valence-electron chi connectivity index (χ4n) is 3.14. The van der Waals surface area contributed by atoms with Gasteiger partial charge < -0.3 is 0 Å². The molecule has 0 aliphatic heterocycles. The van der Waals surface area contributed by atoms with Crippen molar-refractivity contribution in [2.45, 2.75) is 0 Å². The van der Waals surface area contributed by atoms with Crippen molar-refractivity contribution in [3.8, 4) is 11.1 Å². The third-order valence-corrected chi connectivity index (χ3v) is 10.9. The number of rotatable bonds is 4. The Bertz CT molecular complexity index is 1090. The number of para-hydroxylation sites is 1. The monoisotopic (exact) mass is 531 g/mol. The summed E-state index contributed by atoms with van der Waals surface area (Å²) in [4.78, 5) is 4.47. The second-order valence-corrected chi connectivity index (χ2v) is 12.4. The van der Waals surface area contributed by atoms with Crippen molar-refractivity contribution in [2.75, 3.05) is 11.1 Å². The predicted molar refractivity (Wildman–Crippen MR) is 111 cm³/mol. The van der Waals surface area contributed by atoms with Crippen LogP contribution in [0.15, 0.2) is 67.0 Å². The van der Waals surface area contributed by atoms with Gasteiger partial charge >= 0.3 is 182 Å². The van der Waals surface area contributed by atoms with E-state index in [0.29, 0.717) is 6.18 Å². The Morgan fingerprint density at radius 1 is 1.12 bits per heavy atom. The number of nitrogens with two attached hydrogens (primary N) is 1. The molecular weight excluding hydrogens is 513 g/mol. The summed E-state index contributed by atoms with van der Waals surface area (Å²) in [6.07, 6.45) is 4.61. The van der Waals surface area contributed by atoms with Gasteiger partial charge in [0.2, 0.25) is 0 Å². The van der Waals surface area contributed by atoms with Gasteiger partial charge in [-0.3, -0.25) is 0 Å². The summed E-state index contributed by atoms with van der Waals surface area (Å²) in [7, 11) is 2.08. The normalized spacial score (nSPS) is 10.9. The van der Waals surface area contributed by atoms with Crippen molar-refractivity contribution in [3.63, 3.8) is 0 Å². The molecule has 0 unspecified atom stereocenters. The Hall–Kier alpha value is -1.18. The van der Waals surface area contributed by atoms with E-state index in [9.17, 15) is 0 Å². The van der Waals surface area contributed by atoms with Crippen molar-refractivity contribution < 1.29 is 0 Å². The molecule has 2 aromatic carbocycles. The number of nitrogens with one attached hydrogen (secondary N) is 1. The molecule has 0 aliphatic rings. The zero-order valence-corrected chi connectivity index (χ0v) is 20.6. The van der Waals surface area contributed by atoms with E-state index in [2.05, 4.69) is 76.6 Å². The van der Waals surface area contributed by atoms with Gasteiger partial charge in [-0.1, -0.05) is 6.07 Å². The third kappa shape index (κ3) is 3.62. The van der Waals surface area contributed by atoms with Crippen molar-refractivity contribution in [1.82, 2.24) is 9.55 Å². The van der Waals surface area contributed by atoms with Crippen LogP contribution in [0.2, 0.25) is 0 Å². The summed E-state index contributed by atoms with van der Waals surface area (Å²) >= 11 is 0.781. The minimum absolute atomic E-state index is 0.592. The van der Waals surface area contributed by atoms with Crippen LogP contribution in [0.5, 0.6) is 0 Å². The molecule has 4 aromatic rings. The van der Waals surface area contributed by atoms with E-state index >= 15 is 0 Å². The van der Waals surface area contributed by atoms with Crippen LogP contribution in [0, 0.1) is 0 Å². The molecule has 6 heteroatoms. The SMILES string of the molecule is Cn1cc(-c2ccnc(Nc3ccc([Se][Ba])c(N)c3)c2)c2ccccc21. The number of nitrogen functional groups attached to an aromatic ring is 1. The van der Waals surface area contributed by atoms with E-state index in [0.717, 1.165) is 65.8 Å². The topological polar surface area (TPSA) is 55.9 Å². The van der Waals surface area contributed by atoms with Crippen LogP contribution in [0.3, 0.4) is 0 Å². The number of fused-ring (bicyclic) bond motifs is 1. The molecule has 4 rings (SSSR count). The number of aryl methyl sites for hydroxylation is 1. The van der Waals surface area contributed by atoms with Gasteiger partial charge in [0.1, 0.15) is 0 Å². The summed E-state index contributed by atoms with van der Waals surface area (Å²) in [5.41, 5.74) is 11.6. The van der Waals surface area contributed by atoms with Crippen molar-refractivity contribution in [3.05, 3.63) is 67.0 Å². The summed E-state index contributed by atoms with van der Waals surface area (Å²) in [5, 5.41) is 4.63. The zero-order chi connectivity index (χ0) is 18.1. The molecule has 0 atom stereocenters. The molecular formula is C20H17BaN4Se. The number of hydrogen-bond acceptors (Lipinski definition) is 3. The van der Waals surface area contributed by atoms with E-state index in [1.54, 1.807) is 0 Å². The molecule has 4 nitrogen and oxygen atoms in total. The van der Waals surface area contributed by atoms with Gasteiger partial charge in [0.05, 0.1) is 0 Å². The number of pyridine rings is 1. The molecule has 0 saturated heterocycles. The molecule has 0 aliphatic carbocycles. The van der Waals surface area contributed by atoms with E-state index in [4.69, 9.17) is 5.73 Å². The first-order valence-corrected chi connectivity index (χ1v) is 19.7. The van der Waals surface area contributed by atoms with Gasteiger partial charge in [-0.25, -0.2) is 0 Å². The number of nitrogens with zero attached hydrogens (tertiary/aromatic N) is 2. The van der Waals surface area contributed by atoms with Crippen LogP contribution >= 0.6 is 0 Å². The number of anilines is 3. The molecule has 2 heterocycles. The molecule has 125 valence electrons. The average Bonchev–Trinajstić information content (AvgIpc) is 2.99. The number of benzene rings is 2. The second-order valence-electron chi connectivity index (χ2n) is 6.12. The van der Waals surface area contributed by atoms with Crippen LogP contribution in [-0.2, 0) is 7.05 Å². The Morgan fingerprint density at radius 2 is 1.96 bits per heavy atom. The van der Waals surface area contributed by atoms with Gasteiger partial charge in [-0.05, 0) is 0 Å². The summed E-state index contributed by atoms with van der Waals surface area (Å²) < 4.78 is 3.47. The fourth-order valence-corrected chi connectivity index (χ4v) is 8.25. The molecule has 0 spiro atoms. The standard InChI is InChI=1S/C20H18N4Se.Ba/c1-24-12-16(15-4-2-3-5-18(15)24)13-8-9-22-20(10-13)23-14-6-7-19(25)17(21)11-14;/h2-12,25H,21H2,1H3,(H,22,23);/q;+1/p-1. The zero-order valence-electron chi connectivity index (χ0n) is 14.4. The van der Waals surface area contributed by atoms with Crippen molar-refractivity contribution >= 4 is 81.8 Å². The Balaban J connectivity index is 1.69. The summed E-state index contributed by atoms with van der Waals surface area (Å²) in [5.74, 6) is 0.822. The van der Waals surface area contributed by atoms with E-state index in [-0.39, 0.29) is 0 Å². The molecule has 3 N–H and O–H groups in total. The van der Waals surface area contributed by atoms with Crippen molar-refractivity contribution in [1.29, 1.82) is 0 Å². The maximum absolute atomic E-state index is 6.16. The Labute approximate surface area is 185 Å². The minimum atomic E-state index is 0.592. The molecule has 2 aromatic heterocycles. The molecule has 0 fully saturated rings. The third-order valence-electron chi connectivity index (χ3n) is 4.41. The molecule has 1 radical (unpaired) electrons. The quantitative estimate of drug-likeness (QED) is 0.316. The number of hydrogen-bond donors (Lipinski definition) is 2. The summed E-state index contributed by atoms with van der Waals surface area (Å²) in [6, 6.07) is 18.8. The van der Waals surface area contributed by atoms with Crippen LogP contribution in [0.4, 0.5) is 17.2 Å². The molecule has 0 bridgehead atoms. The van der Waals surface area contributed by atoms with Crippen molar-refractivity contribution in [2.24, 2.45) is 7.05 Å². The Morgan fingerprint density at radius 3 is 2.77 bits per heavy atom. The van der Waals surface area contributed by atoms with E-state index < -0.39 is 0 Å². The second kappa shape index (κ2) is 7.82. The fraction of sp³-hybridized carbons (Fsp3) is 0.0500. The van der Waals surface area contributed by atoms with Gasteiger partial charge in [-0.2, -0.15) is 0 Å². The maximum atomic E-state index is 6.16. The Kier molecular flexibility index (Phi) is 5.48.